The molecule has 0 bridgehead atoms. The fourth-order valence-corrected chi connectivity index (χ4v) is 2.78. The van der Waals surface area contributed by atoms with E-state index in [-0.39, 0.29) is 11.5 Å². The lowest BCUT2D eigenvalue weighted by Gasteiger charge is -2.38. The van der Waals surface area contributed by atoms with Crippen molar-refractivity contribution in [3.05, 3.63) is 22.2 Å². The molecule has 1 aromatic rings. The number of aromatic amines is 1. The number of nitrogens with one attached hydrogen (secondary N) is 1. The van der Waals surface area contributed by atoms with Gasteiger partial charge >= 0.3 is 5.97 Å². The highest BCUT2D eigenvalue weighted by atomic mass is 16.4. The fraction of sp³-hybridized carbons (Fsp3) is 0.667. The highest BCUT2D eigenvalue weighted by molar-refractivity contribution is 5.75. The molecule has 0 radical (unpaired) electrons. The van der Waals surface area contributed by atoms with Gasteiger partial charge in [0.2, 0.25) is 0 Å². The second-order valence-corrected chi connectivity index (χ2v) is 6.07. The molecule has 1 fully saturated rings. The Morgan fingerprint density at radius 1 is 1.48 bits per heavy atom. The average molecular weight is 293 g/mol. The molecule has 0 saturated carbocycles. The third kappa shape index (κ3) is 3.09. The summed E-state index contributed by atoms with van der Waals surface area (Å²) < 4.78 is 0. The first kappa shape index (κ1) is 15.5. The average Bonchev–Trinajstić information content (AvgIpc) is 2.46. The van der Waals surface area contributed by atoms with Crippen LogP contribution in [0, 0.1) is 5.41 Å². The molecule has 0 amide bonds. The molecule has 21 heavy (non-hydrogen) atoms. The first-order valence-electron chi connectivity index (χ1n) is 7.47. The highest BCUT2D eigenvalue weighted by Crippen LogP contribution is 2.36. The monoisotopic (exact) mass is 293 g/mol. The van der Waals surface area contributed by atoms with E-state index in [1.165, 1.54) is 6.07 Å². The molecule has 1 aromatic heterocycles. The number of hydrogen-bond donors (Lipinski definition) is 2. The number of hydrogen-bond acceptors (Lipinski definition) is 4. The number of anilines is 1. The van der Waals surface area contributed by atoms with Crippen LogP contribution < -0.4 is 10.5 Å². The summed E-state index contributed by atoms with van der Waals surface area (Å²) in [6.07, 6.45) is 1.81. The van der Waals surface area contributed by atoms with Crippen molar-refractivity contribution in [2.24, 2.45) is 5.41 Å². The normalized spacial score (nSPS) is 18.0. The number of nitrogens with zero attached hydrogens (tertiary/aromatic N) is 2. The molecule has 0 aromatic carbocycles. The van der Waals surface area contributed by atoms with Gasteiger partial charge in [-0.2, -0.15) is 0 Å². The maximum Gasteiger partial charge on any atom is 0.309 e. The molecule has 6 heteroatoms. The number of carbonyl (C=O) groups is 1. The Hall–Kier alpha value is -1.85. The first-order valence-corrected chi connectivity index (χ1v) is 7.47. The van der Waals surface area contributed by atoms with E-state index >= 15 is 0 Å². The second-order valence-electron chi connectivity index (χ2n) is 6.07. The lowest BCUT2D eigenvalue weighted by atomic mass is 9.76. The van der Waals surface area contributed by atoms with E-state index in [1.54, 1.807) is 0 Å². The summed E-state index contributed by atoms with van der Waals surface area (Å²) in [5, 5.41) is 9.42. The molecule has 1 saturated heterocycles. The predicted molar refractivity (Wildman–Crippen MR) is 80.8 cm³/mol. The van der Waals surface area contributed by atoms with Gasteiger partial charge in [0.05, 0.1) is 5.41 Å². The summed E-state index contributed by atoms with van der Waals surface area (Å²) in [5.74, 6) is 0.753. The van der Waals surface area contributed by atoms with Crippen LogP contribution in [0.15, 0.2) is 10.9 Å². The summed E-state index contributed by atoms with van der Waals surface area (Å²) in [6, 6.07) is 1.49. The van der Waals surface area contributed by atoms with E-state index < -0.39 is 11.4 Å². The molecule has 0 atom stereocenters. The van der Waals surface area contributed by atoms with Crippen LogP contribution in [0.5, 0.6) is 0 Å². The number of carboxylic acids is 1. The van der Waals surface area contributed by atoms with Crippen molar-refractivity contribution in [3.8, 4) is 0 Å². The predicted octanol–water partition coefficient (Wildman–Crippen LogP) is 1.97. The molecule has 0 unspecified atom stereocenters. The summed E-state index contributed by atoms with van der Waals surface area (Å²) in [6.45, 7) is 7.12. The van der Waals surface area contributed by atoms with Gasteiger partial charge in [-0.15, -0.1) is 0 Å². The second kappa shape index (κ2) is 5.87. The van der Waals surface area contributed by atoms with Gasteiger partial charge in [-0.25, -0.2) is 4.98 Å². The summed E-state index contributed by atoms with van der Waals surface area (Å²) in [4.78, 5) is 32.4. The van der Waals surface area contributed by atoms with Gasteiger partial charge in [-0.3, -0.25) is 9.59 Å². The number of aromatic nitrogens is 2. The fourth-order valence-electron chi connectivity index (χ4n) is 2.78. The van der Waals surface area contributed by atoms with Gasteiger partial charge in [0, 0.05) is 25.1 Å². The van der Waals surface area contributed by atoms with Gasteiger partial charge in [0.15, 0.2) is 0 Å². The number of carboxylic acid groups (broad SMARTS) is 1. The van der Waals surface area contributed by atoms with Crippen LogP contribution in [-0.2, 0) is 4.79 Å². The Balaban J connectivity index is 2.19. The molecule has 2 rings (SSSR count). The standard InChI is InChI=1S/C15H23N3O3/c1-4-15(14(20)21)5-7-18(8-6-15)11-9-12(19)17-13(16-11)10(2)3/h9-10H,4-8H2,1-3H3,(H,20,21)(H,16,17,19). The third-order valence-electron chi connectivity index (χ3n) is 4.47. The van der Waals surface area contributed by atoms with E-state index in [0.29, 0.717) is 44.0 Å². The Morgan fingerprint density at radius 3 is 2.57 bits per heavy atom. The Bertz CT molecular complexity index is 572. The van der Waals surface area contributed by atoms with E-state index in [9.17, 15) is 14.7 Å². The maximum absolute atomic E-state index is 11.7. The van der Waals surface area contributed by atoms with Gasteiger partial charge in [-0.05, 0) is 19.3 Å². The Labute approximate surface area is 124 Å². The zero-order valence-corrected chi connectivity index (χ0v) is 12.8. The number of rotatable bonds is 4. The van der Waals surface area contributed by atoms with Crippen molar-refractivity contribution in [2.45, 2.75) is 46.0 Å². The van der Waals surface area contributed by atoms with Crippen molar-refractivity contribution in [1.29, 1.82) is 0 Å². The number of aliphatic carboxylic acids is 1. The molecule has 2 heterocycles. The zero-order chi connectivity index (χ0) is 15.6. The lowest BCUT2D eigenvalue weighted by Crippen LogP contribution is -2.44. The lowest BCUT2D eigenvalue weighted by molar-refractivity contribution is -0.150. The van der Waals surface area contributed by atoms with Crippen LogP contribution >= 0.6 is 0 Å². The van der Waals surface area contributed by atoms with Crippen LogP contribution in [0.25, 0.3) is 0 Å². The van der Waals surface area contributed by atoms with E-state index in [0.717, 1.165) is 0 Å². The molecule has 6 nitrogen and oxygen atoms in total. The summed E-state index contributed by atoms with van der Waals surface area (Å²) in [5.41, 5.74) is -0.785. The maximum atomic E-state index is 11.7. The van der Waals surface area contributed by atoms with E-state index in [4.69, 9.17) is 0 Å². The van der Waals surface area contributed by atoms with Crippen molar-refractivity contribution in [3.63, 3.8) is 0 Å². The summed E-state index contributed by atoms with van der Waals surface area (Å²) in [7, 11) is 0. The van der Waals surface area contributed by atoms with Gasteiger partial charge in [-0.1, -0.05) is 20.8 Å². The molecule has 0 spiro atoms. The molecular formula is C15H23N3O3. The quantitative estimate of drug-likeness (QED) is 0.886. The number of piperidine rings is 1. The van der Waals surface area contributed by atoms with E-state index in [2.05, 4.69) is 9.97 Å². The third-order valence-corrected chi connectivity index (χ3v) is 4.47. The zero-order valence-electron chi connectivity index (χ0n) is 12.8. The van der Waals surface area contributed by atoms with E-state index in [1.807, 2.05) is 25.7 Å². The van der Waals surface area contributed by atoms with Crippen LogP contribution in [0.4, 0.5) is 5.82 Å². The molecule has 0 aliphatic carbocycles. The first-order chi connectivity index (χ1) is 9.88. The van der Waals surface area contributed by atoms with Crippen molar-refractivity contribution >= 4 is 11.8 Å². The minimum atomic E-state index is -0.716. The van der Waals surface area contributed by atoms with Crippen LogP contribution in [-0.4, -0.2) is 34.1 Å². The minimum absolute atomic E-state index is 0.149. The molecule has 1 aliphatic heterocycles. The smallest absolute Gasteiger partial charge is 0.309 e. The van der Waals surface area contributed by atoms with Crippen LogP contribution in [0.2, 0.25) is 0 Å². The molecule has 1 aliphatic rings. The number of H-pyrrole nitrogens is 1. The largest absolute Gasteiger partial charge is 0.481 e. The summed E-state index contributed by atoms with van der Waals surface area (Å²) >= 11 is 0. The van der Waals surface area contributed by atoms with Crippen LogP contribution in [0.3, 0.4) is 0 Å². The molecule has 2 N–H and O–H groups in total. The van der Waals surface area contributed by atoms with Gasteiger partial charge in [0.1, 0.15) is 11.6 Å². The van der Waals surface area contributed by atoms with Crippen molar-refractivity contribution < 1.29 is 9.90 Å². The van der Waals surface area contributed by atoms with Gasteiger partial charge in [0.25, 0.3) is 5.56 Å². The van der Waals surface area contributed by atoms with Gasteiger partial charge < -0.3 is 15.0 Å². The van der Waals surface area contributed by atoms with Crippen molar-refractivity contribution in [1.82, 2.24) is 9.97 Å². The topological polar surface area (TPSA) is 86.3 Å². The Morgan fingerprint density at radius 2 is 2.10 bits per heavy atom. The van der Waals surface area contributed by atoms with Crippen molar-refractivity contribution in [2.75, 3.05) is 18.0 Å². The van der Waals surface area contributed by atoms with Crippen LogP contribution in [0.1, 0.15) is 51.8 Å². The minimum Gasteiger partial charge on any atom is -0.481 e. The highest BCUT2D eigenvalue weighted by Gasteiger charge is 2.40. The SMILES string of the molecule is CCC1(C(=O)O)CCN(c2cc(=O)[nH]c(C(C)C)n2)CC1. The molecular weight excluding hydrogens is 270 g/mol. The Kier molecular flexibility index (Phi) is 4.34. The molecule has 116 valence electrons.